The fraction of sp³-hybridized carbons (Fsp3) is 1.00. The first-order valence-electron chi connectivity index (χ1n) is 5.42. The van der Waals surface area contributed by atoms with Crippen molar-refractivity contribution in [2.24, 2.45) is 0 Å². The van der Waals surface area contributed by atoms with E-state index >= 15 is 0 Å². The maximum atomic E-state index is 11.8. The fourth-order valence-electron chi connectivity index (χ4n) is 1.59. The van der Waals surface area contributed by atoms with Crippen molar-refractivity contribution in [3.05, 3.63) is 0 Å². The second-order valence-corrected chi connectivity index (χ2v) is 5.92. The minimum absolute atomic E-state index is 0.478. The molecule has 0 atom stereocenters. The number of likely N-dealkylation sites (N-methyl/N-ethyl adjacent to an activating group) is 1. The summed E-state index contributed by atoms with van der Waals surface area (Å²) in [6.45, 7) is 2.54. The van der Waals surface area contributed by atoms with E-state index in [1.807, 2.05) is 19.0 Å². The lowest BCUT2D eigenvalue weighted by molar-refractivity contribution is 0.338. The molecule has 0 saturated carbocycles. The highest BCUT2D eigenvalue weighted by atomic mass is 32.2. The van der Waals surface area contributed by atoms with Crippen LogP contribution in [0.1, 0.15) is 19.3 Å². The molecule has 0 unspecified atom stereocenters. The first-order valence-corrected chi connectivity index (χ1v) is 6.86. The second-order valence-electron chi connectivity index (χ2n) is 4.16. The molecule has 0 bridgehead atoms. The lowest BCUT2D eigenvalue weighted by atomic mass is 10.2. The fourth-order valence-corrected chi connectivity index (χ4v) is 2.87. The molecule has 1 aliphatic rings. The zero-order valence-electron chi connectivity index (χ0n) is 9.57. The molecule has 6 heteroatoms. The van der Waals surface area contributed by atoms with Crippen molar-refractivity contribution in [1.29, 1.82) is 0 Å². The Bertz CT molecular complexity index is 271. The zero-order valence-corrected chi connectivity index (χ0v) is 10.4. The Morgan fingerprint density at radius 1 is 1.20 bits per heavy atom. The molecule has 1 rings (SSSR count). The highest BCUT2D eigenvalue weighted by molar-refractivity contribution is 7.87. The number of nitrogens with one attached hydrogen (secondary N) is 1. The van der Waals surface area contributed by atoms with Gasteiger partial charge in [0.2, 0.25) is 0 Å². The molecule has 0 aromatic heterocycles. The standard InChI is InChI=1S/C9H21N3O2S/c1-11(2)9-6-10-15(13,14)12-7-4-3-5-8-12/h10H,3-9H2,1-2H3. The Balaban J connectivity index is 2.36. The number of hydrogen-bond acceptors (Lipinski definition) is 3. The quantitative estimate of drug-likeness (QED) is 0.722. The van der Waals surface area contributed by atoms with Crippen molar-refractivity contribution in [2.45, 2.75) is 19.3 Å². The Morgan fingerprint density at radius 3 is 2.33 bits per heavy atom. The van der Waals surface area contributed by atoms with Crippen LogP contribution in [-0.2, 0) is 10.2 Å². The third-order valence-corrected chi connectivity index (χ3v) is 4.11. The molecule has 1 fully saturated rings. The predicted molar refractivity (Wildman–Crippen MR) is 60.9 cm³/mol. The SMILES string of the molecule is CN(C)CCNS(=O)(=O)N1CCCCC1. The highest BCUT2D eigenvalue weighted by Gasteiger charge is 2.22. The van der Waals surface area contributed by atoms with Crippen molar-refractivity contribution >= 4 is 10.2 Å². The van der Waals surface area contributed by atoms with Crippen LogP contribution in [0.15, 0.2) is 0 Å². The number of hydrogen-bond donors (Lipinski definition) is 1. The van der Waals surface area contributed by atoms with Crippen molar-refractivity contribution in [2.75, 3.05) is 40.3 Å². The molecule has 1 heterocycles. The summed E-state index contributed by atoms with van der Waals surface area (Å²) in [4.78, 5) is 1.96. The second kappa shape index (κ2) is 5.79. The van der Waals surface area contributed by atoms with Gasteiger partial charge in [0.05, 0.1) is 0 Å². The summed E-state index contributed by atoms with van der Waals surface area (Å²) < 4.78 is 27.7. The summed E-state index contributed by atoms with van der Waals surface area (Å²) in [5, 5.41) is 0. The van der Waals surface area contributed by atoms with Gasteiger partial charge in [0.25, 0.3) is 10.2 Å². The van der Waals surface area contributed by atoms with E-state index < -0.39 is 10.2 Å². The molecule has 0 radical (unpaired) electrons. The average Bonchev–Trinajstić information content (AvgIpc) is 2.18. The van der Waals surface area contributed by atoms with Crippen molar-refractivity contribution in [1.82, 2.24) is 13.9 Å². The van der Waals surface area contributed by atoms with Crippen molar-refractivity contribution < 1.29 is 8.42 Å². The molecular formula is C9H21N3O2S. The van der Waals surface area contributed by atoms with Gasteiger partial charge in [0.15, 0.2) is 0 Å². The minimum Gasteiger partial charge on any atom is -0.308 e. The van der Waals surface area contributed by atoms with Gasteiger partial charge in [-0.2, -0.15) is 12.7 Å². The molecule has 0 aliphatic carbocycles. The van der Waals surface area contributed by atoms with E-state index in [1.54, 1.807) is 4.31 Å². The third-order valence-electron chi connectivity index (χ3n) is 2.50. The van der Waals surface area contributed by atoms with Gasteiger partial charge in [-0.05, 0) is 26.9 Å². The first-order chi connectivity index (χ1) is 7.02. The Kier molecular flexibility index (Phi) is 4.98. The molecule has 0 spiro atoms. The third kappa shape index (κ3) is 4.46. The summed E-state index contributed by atoms with van der Waals surface area (Å²) in [5.41, 5.74) is 0. The topological polar surface area (TPSA) is 52.7 Å². The average molecular weight is 235 g/mol. The van der Waals surface area contributed by atoms with Crippen LogP contribution < -0.4 is 4.72 Å². The maximum Gasteiger partial charge on any atom is 0.279 e. The maximum absolute atomic E-state index is 11.8. The molecule has 0 aromatic rings. The highest BCUT2D eigenvalue weighted by Crippen LogP contribution is 2.11. The summed E-state index contributed by atoms with van der Waals surface area (Å²) in [7, 11) is 0.629. The molecule has 0 aromatic carbocycles. The van der Waals surface area contributed by atoms with Gasteiger partial charge in [-0.25, -0.2) is 4.72 Å². The van der Waals surface area contributed by atoms with Gasteiger partial charge in [0, 0.05) is 26.2 Å². The smallest absolute Gasteiger partial charge is 0.279 e. The zero-order chi connectivity index (χ0) is 11.3. The summed E-state index contributed by atoms with van der Waals surface area (Å²) in [6.07, 6.45) is 3.10. The van der Waals surface area contributed by atoms with E-state index in [2.05, 4.69) is 4.72 Å². The largest absolute Gasteiger partial charge is 0.308 e. The van der Waals surface area contributed by atoms with Gasteiger partial charge in [-0.1, -0.05) is 6.42 Å². The predicted octanol–water partition coefficient (Wildman–Crippen LogP) is -0.132. The Hall–Kier alpha value is -0.170. The van der Waals surface area contributed by atoms with E-state index in [1.165, 1.54) is 0 Å². The molecular weight excluding hydrogens is 214 g/mol. The van der Waals surface area contributed by atoms with Gasteiger partial charge >= 0.3 is 0 Å². The monoisotopic (exact) mass is 235 g/mol. The van der Waals surface area contributed by atoms with Gasteiger partial charge in [-0.3, -0.25) is 0 Å². The molecule has 0 amide bonds. The van der Waals surface area contributed by atoms with Crippen LogP contribution in [0.3, 0.4) is 0 Å². The summed E-state index contributed by atoms with van der Waals surface area (Å²) in [6, 6.07) is 0. The number of piperidine rings is 1. The lowest BCUT2D eigenvalue weighted by Crippen LogP contribution is -2.45. The van der Waals surface area contributed by atoms with E-state index in [9.17, 15) is 8.42 Å². The van der Waals surface area contributed by atoms with Gasteiger partial charge in [-0.15, -0.1) is 0 Å². The van der Waals surface area contributed by atoms with Crippen LogP contribution in [0.4, 0.5) is 0 Å². The van der Waals surface area contributed by atoms with Crippen LogP contribution in [0.25, 0.3) is 0 Å². The first kappa shape index (κ1) is 12.9. The molecule has 1 N–H and O–H groups in total. The lowest BCUT2D eigenvalue weighted by Gasteiger charge is -2.26. The van der Waals surface area contributed by atoms with E-state index in [0.29, 0.717) is 19.6 Å². The Morgan fingerprint density at radius 2 is 1.80 bits per heavy atom. The molecule has 90 valence electrons. The molecule has 15 heavy (non-hydrogen) atoms. The van der Waals surface area contributed by atoms with Crippen LogP contribution in [0, 0.1) is 0 Å². The number of rotatable bonds is 5. The number of nitrogens with zero attached hydrogens (tertiary/aromatic N) is 2. The van der Waals surface area contributed by atoms with Gasteiger partial charge < -0.3 is 4.90 Å². The normalized spacial score (nSPS) is 19.7. The van der Waals surface area contributed by atoms with Crippen LogP contribution in [0.2, 0.25) is 0 Å². The molecule has 1 saturated heterocycles. The van der Waals surface area contributed by atoms with Crippen LogP contribution in [0.5, 0.6) is 0 Å². The van der Waals surface area contributed by atoms with Crippen molar-refractivity contribution in [3.8, 4) is 0 Å². The summed E-state index contributed by atoms with van der Waals surface area (Å²) >= 11 is 0. The van der Waals surface area contributed by atoms with E-state index in [0.717, 1.165) is 25.8 Å². The summed E-state index contributed by atoms with van der Waals surface area (Å²) in [5.74, 6) is 0. The Labute approximate surface area is 92.6 Å². The van der Waals surface area contributed by atoms with Crippen molar-refractivity contribution in [3.63, 3.8) is 0 Å². The molecule has 1 aliphatic heterocycles. The van der Waals surface area contributed by atoms with Crippen LogP contribution >= 0.6 is 0 Å². The minimum atomic E-state index is -3.22. The molecule has 5 nitrogen and oxygen atoms in total. The van der Waals surface area contributed by atoms with Gasteiger partial charge in [0.1, 0.15) is 0 Å². The van der Waals surface area contributed by atoms with Crippen LogP contribution in [-0.4, -0.2) is 57.9 Å². The van der Waals surface area contributed by atoms with E-state index in [4.69, 9.17) is 0 Å². The van der Waals surface area contributed by atoms with E-state index in [-0.39, 0.29) is 0 Å².